The van der Waals surface area contributed by atoms with Crippen molar-refractivity contribution in [3.63, 3.8) is 0 Å². The fraction of sp³-hybridized carbons (Fsp3) is 0.286. The monoisotopic (exact) mass is 263 g/mol. The third-order valence-electron chi connectivity index (χ3n) is 3.00. The molecule has 1 aliphatic carbocycles. The highest BCUT2D eigenvalue weighted by Crippen LogP contribution is 2.35. The maximum Gasteiger partial charge on any atom is 0.329 e. The van der Waals surface area contributed by atoms with Crippen molar-refractivity contribution in [3.05, 3.63) is 41.7 Å². The van der Waals surface area contributed by atoms with E-state index in [0.717, 1.165) is 0 Å². The molecule has 5 heteroatoms. The van der Waals surface area contributed by atoms with Crippen molar-refractivity contribution in [2.75, 3.05) is 0 Å². The number of halogens is 1. The van der Waals surface area contributed by atoms with Gasteiger partial charge in [-0.15, -0.1) is 0 Å². The van der Waals surface area contributed by atoms with E-state index >= 15 is 0 Å². The van der Waals surface area contributed by atoms with Crippen LogP contribution < -0.4 is 5.32 Å². The zero-order valence-electron chi connectivity index (χ0n) is 10.2. The number of hydrogen-bond donors (Lipinski definition) is 2. The maximum atomic E-state index is 12.9. The van der Waals surface area contributed by atoms with E-state index in [9.17, 15) is 14.0 Å². The van der Waals surface area contributed by atoms with Crippen LogP contribution in [0.1, 0.15) is 24.8 Å². The van der Waals surface area contributed by atoms with Crippen LogP contribution in [0, 0.1) is 5.82 Å². The van der Waals surface area contributed by atoms with Crippen molar-refractivity contribution in [2.45, 2.75) is 24.8 Å². The van der Waals surface area contributed by atoms with Gasteiger partial charge in [0, 0.05) is 6.42 Å². The van der Waals surface area contributed by atoms with E-state index in [1.54, 1.807) is 24.3 Å². The minimum Gasteiger partial charge on any atom is -0.480 e. The van der Waals surface area contributed by atoms with Gasteiger partial charge in [-0.25, -0.2) is 9.18 Å². The number of hydrogen-bond acceptors (Lipinski definition) is 2. The number of carbonyl (C=O) groups is 2. The van der Waals surface area contributed by atoms with Gasteiger partial charge in [-0.05, 0) is 30.5 Å². The molecule has 0 radical (unpaired) electrons. The topological polar surface area (TPSA) is 66.4 Å². The van der Waals surface area contributed by atoms with Crippen molar-refractivity contribution in [1.82, 2.24) is 5.32 Å². The van der Waals surface area contributed by atoms with Crippen LogP contribution in [0.25, 0.3) is 6.08 Å². The Hall–Kier alpha value is -2.17. The van der Waals surface area contributed by atoms with Gasteiger partial charge < -0.3 is 10.4 Å². The highest BCUT2D eigenvalue weighted by molar-refractivity contribution is 5.90. The molecule has 2 rings (SSSR count). The number of carbonyl (C=O) groups excluding carboxylic acids is 1. The van der Waals surface area contributed by atoms with Gasteiger partial charge in [-0.1, -0.05) is 24.3 Å². The summed E-state index contributed by atoms with van der Waals surface area (Å²) >= 11 is 0. The molecule has 19 heavy (non-hydrogen) atoms. The number of carboxylic acid groups (broad SMARTS) is 1. The molecule has 0 spiro atoms. The second-order valence-corrected chi connectivity index (χ2v) is 4.60. The summed E-state index contributed by atoms with van der Waals surface area (Å²) in [6.45, 7) is 0. The van der Waals surface area contributed by atoms with E-state index in [1.807, 2.05) is 0 Å². The molecule has 1 amide bonds. The number of aliphatic carboxylic acids is 1. The first-order chi connectivity index (χ1) is 9.02. The second-order valence-electron chi connectivity index (χ2n) is 4.60. The van der Waals surface area contributed by atoms with Crippen LogP contribution in [0.5, 0.6) is 0 Å². The largest absolute Gasteiger partial charge is 0.480 e. The lowest BCUT2D eigenvalue weighted by Crippen LogP contribution is -2.42. The van der Waals surface area contributed by atoms with E-state index < -0.39 is 11.5 Å². The molecule has 0 unspecified atom stereocenters. The predicted octanol–water partition coefficient (Wildman–Crippen LogP) is 1.96. The van der Waals surface area contributed by atoms with Crippen LogP contribution in [0.3, 0.4) is 0 Å². The van der Waals surface area contributed by atoms with Crippen molar-refractivity contribution >= 4 is 18.0 Å². The molecule has 1 aromatic carbocycles. The van der Waals surface area contributed by atoms with Gasteiger partial charge in [0.1, 0.15) is 11.4 Å². The summed E-state index contributed by atoms with van der Waals surface area (Å²) in [5.41, 5.74) is -0.392. The summed E-state index contributed by atoms with van der Waals surface area (Å²) in [4.78, 5) is 22.4. The summed E-state index contributed by atoms with van der Waals surface area (Å²) in [6.07, 6.45) is 4.24. The smallest absolute Gasteiger partial charge is 0.329 e. The quantitative estimate of drug-likeness (QED) is 0.853. The van der Waals surface area contributed by atoms with E-state index in [0.29, 0.717) is 18.4 Å². The van der Waals surface area contributed by atoms with E-state index in [2.05, 4.69) is 5.32 Å². The molecule has 1 saturated carbocycles. The lowest BCUT2D eigenvalue weighted by Gasteiger charge is -2.10. The first-order valence-electron chi connectivity index (χ1n) is 5.98. The Morgan fingerprint density at radius 2 is 2.16 bits per heavy atom. The average molecular weight is 263 g/mol. The lowest BCUT2D eigenvalue weighted by atomic mass is 10.2. The normalized spacial score (nSPS) is 16.3. The highest BCUT2D eigenvalue weighted by atomic mass is 19.1. The average Bonchev–Trinajstić information content (AvgIpc) is 3.10. The fourth-order valence-electron chi connectivity index (χ4n) is 1.75. The number of carboxylic acids is 1. The third kappa shape index (κ3) is 3.40. The van der Waals surface area contributed by atoms with Crippen LogP contribution in [-0.4, -0.2) is 22.5 Å². The van der Waals surface area contributed by atoms with Crippen molar-refractivity contribution in [1.29, 1.82) is 0 Å². The van der Waals surface area contributed by atoms with Gasteiger partial charge in [0.05, 0.1) is 0 Å². The summed E-state index contributed by atoms with van der Waals surface area (Å²) in [7, 11) is 0. The first kappa shape index (κ1) is 13.3. The zero-order chi connectivity index (χ0) is 13.9. The van der Waals surface area contributed by atoms with E-state index in [1.165, 1.54) is 12.1 Å². The Balaban J connectivity index is 1.85. The lowest BCUT2D eigenvalue weighted by molar-refractivity contribution is -0.143. The molecule has 1 aliphatic rings. The Morgan fingerprint density at radius 1 is 1.42 bits per heavy atom. The molecule has 0 bridgehead atoms. The van der Waals surface area contributed by atoms with E-state index in [-0.39, 0.29) is 18.1 Å². The highest BCUT2D eigenvalue weighted by Gasteiger charge is 2.51. The second kappa shape index (κ2) is 5.22. The van der Waals surface area contributed by atoms with Crippen molar-refractivity contribution < 1.29 is 19.1 Å². The molecule has 2 N–H and O–H groups in total. The van der Waals surface area contributed by atoms with Crippen LogP contribution >= 0.6 is 0 Å². The summed E-state index contributed by atoms with van der Waals surface area (Å²) in [5, 5.41) is 11.4. The van der Waals surface area contributed by atoms with Gasteiger partial charge in [0.25, 0.3) is 0 Å². The molecule has 0 saturated heterocycles. The molecule has 100 valence electrons. The summed E-state index contributed by atoms with van der Waals surface area (Å²) in [6, 6.07) is 6.00. The van der Waals surface area contributed by atoms with Gasteiger partial charge in [0.2, 0.25) is 5.91 Å². The molecule has 1 fully saturated rings. The minimum atomic E-state index is -1.05. The number of rotatable bonds is 5. The minimum absolute atomic E-state index is 0.0749. The molecular formula is C14H14FNO3. The van der Waals surface area contributed by atoms with Crippen LogP contribution in [0.2, 0.25) is 0 Å². The van der Waals surface area contributed by atoms with Crippen molar-refractivity contribution in [2.24, 2.45) is 0 Å². The zero-order valence-corrected chi connectivity index (χ0v) is 10.2. The Bertz CT molecular complexity index is 535. The van der Waals surface area contributed by atoms with Crippen LogP contribution in [0.4, 0.5) is 4.39 Å². The number of benzene rings is 1. The standard InChI is InChI=1S/C14H14FNO3/c15-11-5-1-3-10(9-11)4-2-6-12(17)16-14(7-8-14)13(18)19/h1-5,9H,6-8H2,(H,16,17)(H,18,19). The molecule has 4 nitrogen and oxygen atoms in total. The molecule has 1 aromatic rings. The van der Waals surface area contributed by atoms with E-state index in [4.69, 9.17) is 5.11 Å². The summed E-state index contributed by atoms with van der Waals surface area (Å²) in [5.74, 6) is -1.67. The van der Waals surface area contributed by atoms with Crippen molar-refractivity contribution in [3.8, 4) is 0 Å². The molecule has 0 atom stereocenters. The first-order valence-corrected chi connectivity index (χ1v) is 5.98. The summed E-state index contributed by atoms with van der Waals surface area (Å²) < 4.78 is 12.9. The Kier molecular flexibility index (Phi) is 3.64. The molecule has 0 aromatic heterocycles. The van der Waals surface area contributed by atoms with Gasteiger partial charge in [-0.2, -0.15) is 0 Å². The Morgan fingerprint density at radius 3 is 2.74 bits per heavy atom. The fourth-order valence-corrected chi connectivity index (χ4v) is 1.75. The Labute approximate surface area is 109 Å². The maximum absolute atomic E-state index is 12.9. The SMILES string of the molecule is O=C(CC=Cc1cccc(F)c1)NC1(C(=O)O)CC1. The van der Waals surface area contributed by atoms with Gasteiger partial charge in [-0.3, -0.25) is 4.79 Å². The molecule has 0 aliphatic heterocycles. The number of amides is 1. The van der Waals surface area contributed by atoms with Gasteiger partial charge in [0.15, 0.2) is 0 Å². The predicted molar refractivity (Wildman–Crippen MR) is 67.8 cm³/mol. The van der Waals surface area contributed by atoms with Gasteiger partial charge >= 0.3 is 5.97 Å². The molecule has 0 heterocycles. The third-order valence-corrected chi connectivity index (χ3v) is 3.00. The number of nitrogens with one attached hydrogen (secondary N) is 1. The molecular weight excluding hydrogens is 249 g/mol. The van der Waals surface area contributed by atoms with Crippen LogP contribution in [0.15, 0.2) is 30.3 Å². The van der Waals surface area contributed by atoms with Crippen LogP contribution in [-0.2, 0) is 9.59 Å².